The second kappa shape index (κ2) is 8.15. The minimum atomic E-state index is 0.128. The molecule has 1 aliphatic rings. The summed E-state index contributed by atoms with van der Waals surface area (Å²) in [5, 5.41) is 0. The van der Waals surface area contributed by atoms with E-state index in [1.54, 1.807) is 0 Å². The van der Waals surface area contributed by atoms with Crippen molar-refractivity contribution in [3.05, 3.63) is 29.8 Å². The number of benzene rings is 1. The smallest absolute Gasteiger partial charge is 0.176 e. The van der Waals surface area contributed by atoms with Gasteiger partial charge in [-0.2, -0.15) is 0 Å². The number of ketones is 1. The van der Waals surface area contributed by atoms with E-state index in [2.05, 4.69) is 0 Å². The molecule has 0 spiro atoms. The van der Waals surface area contributed by atoms with Crippen LogP contribution in [0, 0.1) is 5.92 Å². The van der Waals surface area contributed by atoms with E-state index in [4.69, 9.17) is 9.47 Å². The van der Waals surface area contributed by atoms with Crippen molar-refractivity contribution < 1.29 is 14.3 Å². The van der Waals surface area contributed by atoms with Crippen LogP contribution in [0.1, 0.15) is 30.1 Å². The van der Waals surface area contributed by atoms with Crippen LogP contribution in [0.5, 0.6) is 5.75 Å². The minimum Gasteiger partial charge on any atom is -0.494 e. The average molecular weight is 291 g/mol. The summed E-state index contributed by atoms with van der Waals surface area (Å²) in [6.45, 7) is 5.36. The fraction of sp³-hybridized carbons (Fsp3) is 0.588. The third-order valence-corrected chi connectivity index (χ3v) is 3.57. The second-order valence-corrected chi connectivity index (χ2v) is 5.64. The number of likely N-dealkylation sites (N-methyl/N-ethyl adjacent to an activating group) is 1. The van der Waals surface area contributed by atoms with Gasteiger partial charge in [0.15, 0.2) is 5.78 Å². The van der Waals surface area contributed by atoms with Crippen LogP contribution < -0.4 is 4.74 Å². The Hall–Kier alpha value is -1.39. The van der Waals surface area contributed by atoms with Crippen LogP contribution in [-0.2, 0) is 4.74 Å². The maximum absolute atomic E-state index is 12.2. The van der Waals surface area contributed by atoms with Crippen molar-refractivity contribution in [2.45, 2.75) is 19.8 Å². The van der Waals surface area contributed by atoms with Gasteiger partial charge in [-0.15, -0.1) is 0 Å². The number of Topliss-reactive ketones (excluding diaryl/α,β-unsaturated/α-hetero) is 1. The van der Waals surface area contributed by atoms with Crippen LogP contribution in [0.25, 0.3) is 0 Å². The third kappa shape index (κ3) is 5.86. The lowest BCUT2D eigenvalue weighted by molar-refractivity contribution is 0.0861. The quantitative estimate of drug-likeness (QED) is 0.491. The fourth-order valence-corrected chi connectivity index (χ4v) is 2.07. The highest BCUT2D eigenvalue weighted by Gasteiger charge is 2.21. The van der Waals surface area contributed by atoms with Gasteiger partial charge in [0.25, 0.3) is 0 Å². The normalized spacial score (nSPS) is 14.4. The molecule has 1 fully saturated rings. The summed E-state index contributed by atoms with van der Waals surface area (Å²) in [5.41, 5.74) is 0.726. The Labute approximate surface area is 127 Å². The molecule has 0 aliphatic heterocycles. The summed E-state index contributed by atoms with van der Waals surface area (Å²) in [5.74, 6) is 1.72. The first-order chi connectivity index (χ1) is 10.2. The van der Waals surface area contributed by atoms with Gasteiger partial charge in [0, 0.05) is 18.7 Å². The molecule has 4 nitrogen and oxygen atoms in total. The van der Waals surface area contributed by atoms with Crippen LogP contribution in [0.4, 0.5) is 0 Å². The van der Waals surface area contributed by atoms with Gasteiger partial charge in [0.05, 0.1) is 19.8 Å². The molecule has 1 aliphatic carbocycles. The predicted octanol–water partition coefficient (Wildman–Crippen LogP) is 2.63. The van der Waals surface area contributed by atoms with Gasteiger partial charge in [-0.1, -0.05) is 0 Å². The third-order valence-electron chi connectivity index (χ3n) is 3.57. The molecule has 4 heteroatoms. The maximum atomic E-state index is 12.2. The van der Waals surface area contributed by atoms with Crippen LogP contribution in [0.15, 0.2) is 24.3 Å². The van der Waals surface area contributed by atoms with E-state index in [0.29, 0.717) is 19.8 Å². The van der Waals surface area contributed by atoms with E-state index in [9.17, 15) is 4.79 Å². The topological polar surface area (TPSA) is 38.8 Å². The van der Waals surface area contributed by atoms with Crippen LogP contribution in [0.2, 0.25) is 0 Å². The van der Waals surface area contributed by atoms with Crippen LogP contribution in [-0.4, -0.2) is 50.6 Å². The summed E-state index contributed by atoms with van der Waals surface area (Å²) in [6, 6.07) is 7.33. The molecule has 2 rings (SSSR count). The Morgan fingerprint density at radius 3 is 2.62 bits per heavy atom. The Morgan fingerprint density at radius 2 is 2.00 bits per heavy atom. The molecule has 0 unspecified atom stereocenters. The van der Waals surface area contributed by atoms with Crippen molar-refractivity contribution in [2.24, 2.45) is 5.92 Å². The van der Waals surface area contributed by atoms with E-state index in [1.807, 2.05) is 43.1 Å². The van der Waals surface area contributed by atoms with Crippen molar-refractivity contribution in [3.8, 4) is 5.75 Å². The van der Waals surface area contributed by atoms with E-state index in [-0.39, 0.29) is 5.78 Å². The first kappa shape index (κ1) is 16.0. The zero-order chi connectivity index (χ0) is 15.1. The molecule has 0 N–H and O–H groups in total. The zero-order valence-corrected chi connectivity index (χ0v) is 13.0. The summed E-state index contributed by atoms with van der Waals surface area (Å²) in [6.07, 6.45) is 2.62. The van der Waals surface area contributed by atoms with Gasteiger partial charge < -0.3 is 9.47 Å². The van der Waals surface area contributed by atoms with Gasteiger partial charge in [0.1, 0.15) is 5.75 Å². The highest BCUT2D eigenvalue weighted by Crippen LogP contribution is 2.28. The molecule has 0 aromatic heterocycles. The monoisotopic (exact) mass is 291 g/mol. The minimum absolute atomic E-state index is 0.128. The zero-order valence-electron chi connectivity index (χ0n) is 13.0. The number of hydrogen-bond acceptors (Lipinski definition) is 4. The Kier molecular flexibility index (Phi) is 6.21. The van der Waals surface area contributed by atoms with Crippen molar-refractivity contribution in [1.29, 1.82) is 0 Å². The SMILES string of the molecule is CCOc1ccc(C(=O)CN(C)CCOCC2CC2)cc1. The molecule has 1 aromatic carbocycles. The average Bonchev–Trinajstić information content (AvgIpc) is 3.29. The van der Waals surface area contributed by atoms with E-state index in [0.717, 1.165) is 30.4 Å². The highest BCUT2D eigenvalue weighted by molar-refractivity contribution is 5.97. The molecule has 116 valence electrons. The lowest BCUT2D eigenvalue weighted by atomic mass is 10.1. The molecule has 0 heterocycles. The molecule has 0 amide bonds. The van der Waals surface area contributed by atoms with Gasteiger partial charge >= 0.3 is 0 Å². The van der Waals surface area contributed by atoms with Crippen molar-refractivity contribution in [3.63, 3.8) is 0 Å². The van der Waals surface area contributed by atoms with Gasteiger partial charge in [-0.25, -0.2) is 0 Å². The molecule has 1 saturated carbocycles. The number of ether oxygens (including phenoxy) is 2. The van der Waals surface area contributed by atoms with Crippen molar-refractivity contribution in [1.82, 2.24) is 4.90 Å². The summed E-state index contributed by atoms with van der Waals surface area (Å²) in [7, 11) is 1.95. The lowest BCUT2D eigenvalue weighted by Gasteiger charge is -2.15. The van der Waals surface area contributed by atoms with Crippen LogP contribution in [0.3, 0.4) is 0 Å². The fourth-order valence-electron chi connectivity index (χ4n) is 2.07. The first-order valence-corrected chi connectivity index (χ1v) is 7.71. The molecule has 0 bridgehead atoms. The summed E-state index contributed by atoms with van der Waals surface area (Å²) >= 11 is 0. The van der Waals surface area contributed by atoms with Gasteiger partial charge in [-0.3, -0.25) is 9.69 Å². The largest absolute Gasteiger partial charge is 0.494 e. The number of hydrogen-bond donors (Lipinski definition) is 0. The van der Waals surface area contributed by atoms with E-state index >= 15 is 0 Å². The predicted molar refractivity (Wildman–Crippen MR) is 83.0 cm³/mol. The molecule has 0 radical (unpaired) electrons. The molecule has 0 atom stereocenters. The molecule has 21 heavy (non-hydrogen) atoms. The van der Waals surface area contributed by atoms with Gasteiger partial charge in [0.2, 0.25) is 0 Å². The Balaban J connectivity index is 1.68. The first-order valence-electron chi connectivity index (χ1n) is 7.71. The van der Waals surface area contributed by atoms with E-state index in [1.165, 1.54) is 12.8 Å². The highest BCUT2D eigenvalue weighted by atomic mass is 16.5. The van der Waals surface area contributed by atoms with Gasteiger partial charge in [-0.05, 0) is 57.0 Å². The number of rotatable bonds is 10. The second-order valence-electron chi connectivity index (χ2n) is 5.64. The van der Waals surface area contributed by atoms with Crippen LogP contribution >= 0.6 is 0 Å². The maximum Gasteiger partial charge on any atom is 0.176 e. The van der Waals surface area contributed by atoms with E-state index < -0.39 is 0 Å². The molecule has 1 aromatic rings. The Bertz CT molecular complexity index is 440. The summed E-state index contributed by atoms with van der Waals surface area (Å²) in [4.78, 5) is 14.2. The van der Waals surface area contributed by atoms with Crippen molar-refractivity contribution in [2.75, 3.05) is 40.0 Å². The summed E-state index contributed by atoms with van der Waals surface area (Å²) < 4.78 is 11.0. The van der Waals surface area contributed by atoms with Crippen molar-refractivity contribution >= 4 is 5.78 Å². The number of carbonyl (C=O) groups excluding carboxylic acids is 1. The Morgan fingerprint density at radius 1 is 1.29 bits per heavy atom. The lowest BCUT2D eigenvalue weighted by Crippen LogP contribution is -2.29. The number of carbonyl (C=O) groups is 1. The standard InChI is InChI=1S/C17H25NO3/c1-3-21-16-8-6-15(7-9-16)17(19)12-18(2)10-11-20-13-14-4-5-14/h6-9,14H,3-5,10-13H2,1-2H3. The number of nitrogens with zero attached hydrogens (tertiary/aromatic N) is 1. The molecule has 0 saturated heterocycles. The molecular weight excluding hydrogens is 266 g/mol. The molecular formula is C17H25NO3.